The summed E-state index contributed by atoms with van der Waals surface area (Å²) >= 11 is 6.21. The second-order valence-corrected chi connectivity index (χ2v) is 7.79. The number of carbonyl (C=O) groups is 1. The van der Waals surface area contributed by atoms with Gasteiger partial charge in [0.2, 0.25) is 11.9 Å². The van der Waals surface area contributed by atoms with Crippen LogP contribution in [-0.4, -0.2) is 67.0 Å². The van der Waals surface area contributed by atoms with Crippen molar-refractivity contribution in [3.8, 4) is 11.1 Å². The fourth-order valence-corrected chi connectivity index (χ4v) is 3.63. The van der Waals surface area contributed by atoms with Crippen LogP contribution < -0.4 is 4.90 Å². The molecule has 1 amide bonds. The fraction of sp³-hybridized carbons (Fsp3) is 0.450. The van der Waals surface area contributed by atoms with Crippen molar-refractivity contribution in [2.45, 2.75) is 18.9 Å². The molecule has 1 aromatic carbocycles. The normalized spacial score (nSPS) is 16.8. The SMILES string of the molecule is CN(C)CC(=O)N1CCC[C@H]1c1nc(N(C)C)ncc1-c1cccc(Cl)c1. The third-order valence-corrected chi connectivity index (χ3v) is 4.92. The lowest BCUT2D eigenvalue weighted by molar-refractivity contribution is -0.132. The van der Waals surface area contributed by atoms with Gasteiger partial charge in [0.05, 0.1) is 18.3 Å². The predicted octanol–water partition coefficient (Wildman–Crippen LogP) is 3.09. The second-order valence-electron chi connectivity index (χ2n) is 7.36. The maximum absolute atomic E-state index is 12.8. The molecule has 0 saturated carbocycles. The van der Waals surface area contributed by atoms with E-state index in [-0.39, 0.29) is 11.9 Å². The molecule has 0 spiro atoms. The summed E-state index contributed by atoms with van der Waals surface area (Å²) in [4.78, 5) is 27.8. The van der Waals surface area contributed by atoms with Gasteiger partial charge in [-0.15, -0.1) is 0 Å². The Balaban J connectivity index is 2.06. The van der Waals surface area contributed by atoms with Gasteiger partial charge in [0.15, 0.2) is 0 Å². The Morgan fingerprint density at radius 1 is 1.30 bits per heavy atom. The van der Waals surface area contributed by atoms with Gasteiger partial charge < -0.3 is 14.7 Å². The number of halogens is 1. The number of carbonyl (C=O) groups excluding carboxylic acids is 1. The maximum Gasteiger partial charge on any atom is 0.237 e. The van der Waals surface area contributed by atoms with Crippen LogP contribution in [0.15, 0.2) is 30.5 Å². The van der Waals surface area contributed by atoms with Crippen LogP contribution in [0.3, 0.4) is 0 Å². The molecule has 0 aliphatic carbocycles. The van der Waals surface area contributed by atoms with Crippen LogP contribution in [0.4, 0.5) is 5.95 Å². The third kappa shape index (κ3) is 4.39. The van der Waals surface area contributed by atoms with Gasteiger partial charge in [-0.05, 0) is 44.6 Å². The zero-order valence-corrected chi connectivity index (χ0v) is 17.1. The van der Waals surface area contributed by atoms with E-state index in [1.165, 1.54) is 0 Å². The smallest absolute Gasteiger partial charge is 0.237 e. The van der Waals surface area contributed by atoms with Crippen LogP contribution in [-0.2, 0) is 4.79 Å². The molecule has 1 aliphatic rings. The van der Waals surface area contributed by atoms with Crippen LogP contribution in [0.1, 0.15) is 24.6 Å². The molecule has 3 rings (SSSR count). The van der Waals surface area contributed by atoms with Crippen molar-refractivity contribution in [2.75, 3.05) is 46.2 Å². The molecule has 1 saturated heterocycles. The molecule has 0 radical (unpaired) electrons. The molecule has 27 heavy (non-hydrogen) atoms. The molecule has 1 atom stereocenters. The lowest BCUT2D eigenvalue weighted by Crippen LogP contribution is -2.37. The van der Waals surface area contributed by atoms with Gasteiger partial charge in [0.25, 0.3) is 0 Å². The van der Waals surface area contributed by atoms with Crippen LogP contribution in [0.5, 0.6) is 0 Å². The highest BCUT2D eigenvalue weighted by atomic mass is 35.5. The highest BCUT2D eigenvalue weighted by Gasteiger charge is 2.33. The summed E-state index contributed by atoms with van der Waals surface area (Å²) in [5.74, 6) is 0.771. The van der Waals surface area contributed by atoms with Gasteiger partial charge in [0.1, 0.15) is 0 Å². The Morgan fingerprint density at radius 2 is 2.07 bits per heavy atom. The number of anilines is 1. The van der Waals surface area contributed by atoms with Crippen LogP contribution >= 0.6 is 11.6 Å². The maximum atomic E-state index is 12.8. The standard InChI is InChI=1S/C20H26ClN5O/c1-24(2)13-18(27)26-10-6-9-17(26)19-16(12-22-20(23-19)25(3)4)14-7-5-8-15(21)11-14/h5,7-8,11-12,17H,6,9-10,13H2,1-4H3/t17-/m0/s1. The van der Waals surface area contributed by atoms with E-state index in [0.717, 1.165) is 36.2 Å². The van der Waals surface area contributed by atoms with E-state index in [0.29, 0.717) is 17.5 Å². The summed E-state index contributed by atoms with van der Waals surface area (Å²) in [6.07, 6.45) is 3.72. The average molecular weight is 388 g/mol. The highest BCUT2D eigenvalue weighted by molar-refractivity contribution is 6.30. The van der Waals surface area contributed by atoms with Gasteiger partial charge in [0, 0.05) is 37.4 Å². The molecule has 6 nitrogen and oxygen atoms in total. The van der Waals surface area contributed by atoms with Crippen molar-refractivity contribution < 1.29 is 4.79 Å². The summed E-state index contributed by atoms with van der Waals surface area (Å²) in [7, 11) is 7.66. The zero-order valence-electron chi connectivity index (χ0n) is 16.3. The van der Waals surface area contributed by atoms with Crippen molar-refractivity contribution in [1.82, 2.24) is 19.8 Å². The van der Waals surface area contributed by atoms with Crippen molar-refractivity contribution in [2.24, 2.45) is 0 Å². The molecule has 1 fully saturated rings. The number of hydrogen-bond donors (Lipinski definition) is 0. The molecule has 2 heterocycles. The van der Waals surface area contributed by atoms with E-state index in [9.17, 15) is 4.79 Å². The second kappa shape index (κ2) is 8.23. The molecule has 2 aromatic rings. The number of likely N-dealkylation sites (tertiary alicyclic amines) is 1. The summed E-state index contributed by atoms with van der Waals surface area (Å²) in [6.45, 7) is 1.16. The first-order valence-corrected chi connectivity index (χ1v) is 9.49. The summed E-state index contributed by atoms with van der Waals surface area (Å²) in [6, 6.07) is 7.64. The Kier molecular flexibility index (Phi) is 5.97. The first-order valence-electron chi connectivity index (χ1n) is 9.11. The summed E-state index contributed by atoms with van der Waals surface area (Å²) < 4.78 is 0. The molecule has 1 aliphatic heterocycles. The van der Waals surface area contributed by atoms with E-state index in [1.54, 1.807) is 0 Å². The Morgan fingerprint density at radius 3 is 2.74 bits per heavy atom. The predicted molar refractivity (Wildman–Crippen MR) is 109 cm³/mol. The fourth-order valence-electron chi connectivity index (χ4n) is 3.44. The molecule has 0 bridgehead atoms. The van der Waals surface area contributed by atoms with Crippen LogP contribution in [0.25, 0.3) is 11.1 Å². The summed E-state index contributed by atoms with van der Waals surface area (Å²) in [5, 5.41) is 0.669. The minimum atomic E-state index is -0.0480. The first kappa shape index (κ1) is 19.6. The van der Waals surface area contributed by atoms with E-state index >= 15 is 0 Å². The van der Waals surface area contributed by atoms with E-state index in [1.807, 2.05) is 73.4 Å². The van der Waals surface area contributed by atoms with Gasteiger partial charge in [-0.2, -0.15) is 0 Å². The monoisotopic (exact) mass is 387 g/mol. The molecule has 7 heteroatoms. The molecular weight excluding hydrogens is 362 g/mol. The number of rotatable bonds is 5. The molecule has 0 N–H and O–H groups in total. The van der Waals surface area contributed by atoms with E-state index < -0.39 is 0 Å². The van der Waals surface area contributed by atoms with Crippen LogP contribution in [0.2, 0.25) is 5.02 Å². The van der Waals surface area contributed by atoms with Crippen LogP contribution in [0, 0.1) is 0 Å². The minimum absolute atomic E-state index is 0.0480. The molecule has 144 valence electrons. The Hall–Kier alpha value is -2.18. The minimum Gasteiger partial charge on any atom is -0.347 e. The van der Waals surface area contributed by atoms with Gasteiger partial charge in [-0.3, -0.25) is 4.79 Å². The molecular formula is C20H26ClN5O. The van der Waals surface area contributed by atoms with Gasteiger partial charge >= 0.3 is 0 Å². The molecule has 1 aromatic heterocycles. The van der Waals surface area contributed by atoms with E-state index in [2.05, 4.69) is 4.98 Å². The van der Waals surface area contributed by atoms with Gasteiger partial charge in [-0.25, -0.2) is 9.97 Å². The van der Waals surface area contributed by atoms with Crippen molar-refractivity contribution in [3.63, 3.8) is 0 Å². The van der Waals surface area contributed by atoms with Crippen molar-refractivity contribution >= 4 is 23.5 Å². The third-order valence-electron chi connectivity index (χ3n) is 4.68. The van der Waals surface area contributed by atoms with Crippen molar-refractivity contribution in [3.05, 3.63) is 41.2 Å². The number of nitrogens with zero attached hydrogens (tertiary/aromatic N) is 5. The van der Waals surface area contributed by atoms with E-state index in [4.69, 9.17) is 16.6 Å². The Bertz CT molecular complexity index is 824. The topological polar surface area (TPSA) is 52.6 Å². The number of likely N-dealkylation sites (N-methyl/N-ethyl adjacent to an activating group) is 1. The zero-order chi connectivity index (χ0) is 19.6. The van der Waals surface area contributed by atoms with Gasteiger partial charge in [-0.1, -0.05) is 23.7 Å². The lowest BCUT2D eigenvalue weighted by Gasteiger charge is -2.28. The average Bonchev–Trinajstić information content (AvgIpc) is 3.10. The molecule has 0 unspecified atom stereocenters. The number of aromatic nitrogens is 2. The Labute approximate surface area is 165 Å². The number of amides is 1. The number of benzene rings is 1. The first-order chi connectivity index (χ1) is 12.9. The quantitative estimate of drug-likeness (QED) is 0.789. The summed E-state index contributed by atoms with van der Waals surface area (Å²) in [5.41, 5.74) is 2.79. The van der Waals surface area contributed by atoms with Crippen molar-refractivity contribution in [1.29, 1.82) is 0 Å². The largest absolute Gasteiger partial charge is 0.347 e. The number of hydrogen-bond acceptors (Lipinski definition) is 5. The lowest BCUT2D eigenvalue weighted by atomic mass is 10.00. The highest BCUT2D eigenvalue weighted by Crippen LogP contribution is 2.37.